The third kappa shape index (κ3) is 44.5. The third-order valence-corrected chi connectivity index (χ3v) is 9.92. The Bertz CT molecular complexity index is 1290. The van der Waals surface area contributed by atoms with Crippen molar-refractivity contribution in [2.45, 2.75) is 187 Å². The van der Waals surface area contributed by atoms with Crippen LogP contribution in [0.5, 0.6) is 0 Å². The van der Waals surface area contributed by atoms with Gasteiger partial charge in [0.25, 0.3) is 6.29 Å². The van der Waals surface area contributed by atoms with Gasteiger partial charge >= 0.3 is 17.9 Å². The van der Waals surface area contributed by atoms with Crippen LogP contribution >= 0.6 is 0 Å². The number of ether oxygens (including phenoxy) is 4. The Hall–Kier alpha value is -3.53. The van der Waals surface area contributed by atoms with Crippen LogP contribution in [0.1, 0.15) is 174 Å². The van der Waals surface area contributed by atoms with Crippen LogP contribution < -0.4 is 0 Å². The van der Waals surface area contributed by atoms with Gasteiger partial charge in [0.1, 0.15) is 13.2 Å². The molecular formula is C53H90NO8+. The smallest absolute Gasteiger partial charge is 0.361 e. The summed E-state index contributed by atoms with van der Waals surface area (Å²) in [7, 11) is 5.93. The number of unbranched alkanes of at least 4 members (excludes halogenated alkanes) is 14. The van der Waals surface area contributed by atoms with Crippen molar-refractivity contribution in [1.82, 2.24) is 0 Å². The molecule has 354 valence electrons. The fourth-order valence-corrected chi connectivity index (χ4v) is 6.18. The summed E-state index contributed by atoms with van der Waals surface area (Å²) < 4.78 is 22.7. The Morgan fingerprint density at radius 3 is 1.35 bits per heavy atom. The molecule has 0 radical (unpaired) electrons. The molecule has 0 saturated heterocycles. The number of carbonyl (C=O) groups excluding carboxylic acids is 2. The molecule has 0 saturated carbocycles. The highest BCUT2D eigenvalue weighted by molar-refractivity contribution is 5.71. The molecule has 9 nitrogen and oxygen atoms in total. The quantitative estimate of drug-likeness (QED) is 0.0212. The number of esters is 2. The van der Waals surface area contributed by atoms with Gasteiger partial charge in [-0.3, -0.25) is 9.59 Å². The van der Waals surface area contributed by atoms with E-state index in [2.05, 4.69) is 98.9 Å². The van der Waals surface area contributed by atoms with Gasteiger partial charge in [-0.1, -0.05) is 182 Å². The molecule has 2 atom stereocenters. The van der Waals surface area contributed by atoms with Gasteiger partial charge in [0.05, 0.1) is 34.4 Å². The van der Waals surface area contributed by atoms with Crippen LogP contribution in [-0.4, -0.2) is 87.4 Å². The van der Waals surface area contributed by atoms with E-state index in [9.17, 15) is 19.5 Å². The number of carboxylic acids is 1. The molecule has 0 aliphatic heterocycles. The average molecular weight is 869 g/mol. The van der Waals surface area contributed by atoms with E-state index in [1.54, 1.807) is 0 Å². The summed E-state index contributed by atoms with van der Waals surface area (Å²) in [6, 6.07) is 0. The van der Waals surface area contributed by atoms with Gasteiger partial charge in [-0.25, -0.2) is 4.79 Å². The summed E-state index contributed by atoms with van der Waals surface area (Å²) in [5.41, 5.74) is 0. The lowest BCUT2D eigenvalue weighted by atomic mass is 10.0. The molecule has 0 amide bonds. The molecule has 0 aromatic heterocycles. The molecule has 0 aliphatic carbocycles. The van der Waals surface area contributed by atoms with Crippen molar-refractivity contribution in [2.75, 3.05) is 47.5 Å². The van der Waals surface area contributed by atoms with Crippen molar-refractivity contribution in [1.29, 1.82) is 0 Å². The highest BCUT2D eigenvalue weighted by Crippen LogP contribution is 2.14. The number of hydrogen-bond acceptors (Lipinski definition) is 7. The molecule has 2 unspecified atom stereocenters. The maximum Gasteiger partial charge on any atom is 0.361 e. The Labute approximate surface area is 379 Å². The van der Waals surface area contributed by atoms with Crippen molar-refractivity contribution in [3.05, 3.63) is 85.1 Å². The largest absolute Gasteiger partial charge is 0.477 e. The number of allylic oxidation sites excluding steroid dienone is 14. The summed E-state index contributed by atoms with van der Waals surface area (Å²) >= 11 is 0. The van der Waals surface area contributed by atoms with Gasteiger partial charge in [-0.05, 0) is 64.2 Å². The molecule has 0 aliphatic rings. The molecular weight excluding hydrogens is 779 g/mol. The average Bonchev–Trinajstić information content (AvgIpc) is 3.23. The van der Waals surface area contributed by atoms with E-state index in [1.165, 1.54) is 70.6 Å². The highest BCUT2D eigenvalue weighted by atomic mass is 16.7. The maximum absolute atomic E-state index is 12.8. The molecule has 0 fully saturated rings. The minimum atomic E-state index is -1.53. The number of carbonyl (C=O) groups is 3. The summed E-state index contributed by atoms with van der Waals surface area (Å²) in [5.74, 6) is -2.09. The van der Waals surface area contributed by atoms with Crippen LogP contribution in [0.25, 0.3) is 0 Å². The van der Waals surface area contributed by atoms with E-state index < -0.39 is 24.3 Å². The van der Waals surface area contributed by atoms with E-state index in [4.69, 9.17) is 18.9 Å². The first-order chi connectivity index (χ1) is 30.1. The van der Waals surface area contributed by atoms with Crippen LogP contribution in [0.2, 0.25) is 0 Å². The monoisotopic (exact) mass is 869 g/mol. The summed E-state index contributed by atoms with van der Waals surface area (Å²) in [5, 5.41) is 9.65. The van der Waals surface area contributed by atoms with Crippen LogP contribution in [0, 0.1) is 0 Å². The topological polar surface area (TPSA) is 108 Å². The molecule has 1 N–H and O–H groups in total. The fourth-order valence-electron chi connectivity index (χ4n) is 6.18. The lowest BCUT2D eigenvalue weighted by molar-refractivity contribution is -0.870. The van der Waals surface area contributed by atoms with Crippen LogP contribution in [0.15, 0.2) is 85.1 Å². The van der Waals surface area contributed by atoms with Gasteiger partial charge < -0.3 is 28.5 Å². The van der Waals surface area contributed by atoms with Crippen LogP contribution in [0.3, 0.4) is 0 Å². The first-order valence-corrected chi connectivity index (χ1v) is 24.3. The summed E-state index contributed by atoms with van der Waals surface area (Å²) in [4.78, 5) is 37.2. The molecule has 62 heavy (non-hydrogen) atoms. The van der Waals surface area contributed by atoms with Crippen LogP contribution in [-0.2, 0) is 33.3 Å². The zero-order chi connectivity index (χ0) is 45.6. The zero-order valence-electron chi connectivity index (χ0n) is 40.0. The lowest BCUT2D eigenvalue weighted by Gasteiger charge is -2.25. The van der Waals surface area contributed by atoms with Gasteiger partial charge in [0, 0.05) is 12.8 Å². The second kappa shape index (κ2) is 44.1. The molecule has 0 rings (SSSR count). The number of hydrogen-bond donors (Lipinski definition) is 1. The lowest BCUT2D eigenvalue weighted by Crippen LogP contribution is -2.40. The Balaban J connectivity index is 4.51. The van der Waals surface area contributed by atoms with Crippen molar-refractivity contribution >= 4 is 17.9 Å². The molecule has 0 spiro atoms. The van der Waals surface area contributed by atoms with E-state index in [0.29, 0.717) is 23.9 Å². The van der Waals surface area contributed by atoms with Gasteiger partial charge in [-0.2, -0.15) is 0 Å². The Morgan fingerprint density at radius 2 is 0.919 bits per heavy atom. The Kier molecular flexibility index (Phi) is 41.6. The first-order valence-electron chi connectivity index (χ1n) is 24.3. The first kappa shape index (κ1) is 58.5. The highest BCUT2D eigenvalue weighted by Gasteiger charge is 2.25. The van der Waals surface area contributed by atoms with E-state index in [-0.39, 0.29) is 38.6 Å². The second-order valence-corrected chi connectivity index (χ2v) is 17.0. The second-order valence-electron chi connectivity index (χ2n) is 17.0. The molecule has 9 heteroatoms. The fraction of sp³-hybridized carbons (Fsp3) is 0.679. The molecule has 0 aromatic rings. The zero-order valence-corrected chi connectivity index (χ0v) is 40.0. The van der Waals surface area contributed by atoms with E-state index >= 15 is 0 Å². The molecule has 0 aromatic carbocycles. The minimum absolute atomic E-state index is 0.173. The van der Waals surface area contributed by atoms with Crippen molar-refractivity contribution in [3.63, 3.8) is 0 Å². The van der Waals surface area contributed by atoms with Crippen molar-refractivity contribution < 1.29 is 42.9 Å². The van der Waals surface area contributed by atoms with Crippen molar-refractivity contribution in [3.8, 4) is 0 Å². The number of likely N-dealkylation sites (N-methyl/N-ethyl adjacent to an activating group) is 1. The molecule has 0 bridgehead atoms. The Morgan fingerprint density at radius 1 is 0.500 bits per heavy atom. The number of rotatable bonds is 43. The predicted octanol–water partition coefficient (Wildman–Crippen LogP) is 13.3. The number of carboxylic acid groups (broad SMARTS) is 1. The normalized spacial score (nSPS) is 13.6. The van der Waals surface area contributed by atoms with Crippen LogP contribution in [0.4, 0.5) is 0 Å². The maximum atomic E-state index is 12.8. The SMILES string of the molecule is CC/C=C\C/C=C\C/C=C\C/C=C\C/C=C\C/C=C\C/C=C\CCCC(=O)OC(COC(=O)CCCCCCCCCCCCCCCC)COC(OCC[N+](C)(C)C)C(=O)O. The van der Waals surface area contributed by atoms with Gasteiger partial charge in [-0.15, -0.1) is 0 Å². The summed E-state index contributed by atoms with van der Waals surface area (Å²) in [6.07, 6.45) is 53.7. The van der Waals surface area contributed by atoms with Gasteiger partial charge in [0.15, 0.2) is 6.10 Å². The number of aliphatic carboxylic acids is 1. The van der Waals surface area contributed by atoms with E-state index in [0.717, 1.165) is 64.2 Å². The predicted molar refractivity (Wildman–Crippen MR) is 258 cm³/mol. The van der Waals surface area contributed by atoms with E-state index in [1.807, 2.05) is 21.1 Å². The standard InChI is InChI=1S/C53H89NO8/c1-6-8-10-12-14-16-18-20-22-23-24-25-26-27-28-29-30-32-34-36-38-40-42-44-51(56)62-49(48-61-53(52(57)58)59-46-45-54(3,4)5)47-60-50(55)43-41-39-37-35-33-31-21-19-17-15-13-11-9-7-2/h8,10,14,16,20,22,24-25,27-28,30,32,36,38,49,53H,6-7,9,11-13,15,17-19,21,23,26,29,31,33-35,37,39-48H2,1-5H3/p+1/b10-8-,16-14-,22-20-,25-24-,28-27-,32-30-,38-36-. The molecule has 0 heterocycles. The van der Waals surface area contributed by atoms with Crippen molar-refractivity contribution in [2.24, 2.45) is 0 Å². The number of quaternary nitrogens is 1. The third-order valence-electron chi connectivity index (χ3n) is 9.92. The summed E-state index contributed by atoms with van der Waals surface area (Å²) in [6.45, 7) is 4.68. The number of nitrogens with zero attached hydrogens (tertiary/aromatic N) is 1. The minimum Gasteiger partial charge on any atom is -0.477 e. The van der Waals surface area contributed by atoms with Gasteiger partial charge in [0.2, 0.25) is 0 Å².